The van der Waals surface area contributed by atoms with E-state index in [4.69, 9.17) is 14.9 Å². The number of rotatable bonds is 9. The van der Waals surface area contributed by atoms with E-state index in [-0.39, 0.29) is 63.8 Å². The molecule has 0 radical (unpaired) electrons. The Kier molecular flexibility index (Phi) is 7.65. The van der Waals surface area contributed by atoms with E-state index < -0.39 is 0 Å². The Bertz CT molecular complexity index is 2200. The summed E-state index contributed by atoms with van der Waals surface area (Å²) >= 11 is 0. The lowest BCUT2D eigenvalue weighted by molar-refractivity contribution is -0.187. The Morgan fingerprint density at radius 2 is 1.82 bits per heavy atom. The summed E-state index contributed by atoms with van der Waals surface area (Å²) in [5.41, 5.74) is 3.17. The van der Waals surface area contributed by atoms with Crippen LogP contribution in [0, 0.1) is 25.2 Å². The van der Waals surface area contributed by atoms with Crippen molar-refractivity contribution in [3.8, 4) is 11.6 Å². The molecule has 5 aliphatic rings. The molecule has 9 rings (SSSR count). The molecule has 268 valence electrons. The van der Waals surface area contributed by atoms with Gasteiger partial charge in [-0.3, -0.25) is 24.2 Å². The van der Waals surface area contributed by atoms with Crippen molar-refractivity contribution in [1.29, 1.82) is 0 Å². The summed E-state index contributed by atoms with van der Waals surface area (Å²) in [4.78, 5) is 68.1. The third-order valence-electron chi connectivity index (χ3n) is 12.1. The van der Waals surface area contributed by atoms with E-state index in [1.165, 1.54) is 11.9 Å². The Balaban J connectivity index is 1.17. The first-order valence-electron chi connectivity index (χ1n) is 18.0. The number of piperazine rings is 1. The number of fused-ring (bicyclic) bond motifs is 2. The fourth-order valence-corrected chi connectivity index (χ4v) is 9.19. The van der Waals surface area contributed by atoms with E-state index >= 15 is 0 Å². The minimum Gasteiger partial charge on any atom is -0.482 e. The van der Waals surface area contributed by atoms with Gasteiger partial charge in [0, 0.05) is 54.0 Å². The highest BCUT2D eigenvalue weighted by atomic mass is 16.5. The topological polar surface area (TPSA) is 160 Å². The van der Waals surface area contributed by atoms with Crippen molar-refractivity contribution in [2.75, 3.05) is 25.1 Å². The molecule has 14 heteroatoms. The third-order valence-corrected chi connectivity index (χ3v) is 12.1. The van der Waals surface area contributed by atoms with E-state index in [1.807, 2.05) is 24.5 Å². The average molecular weight is 696 g/mol. The Morgan fingerprint density at radius 1 is 1.08 bits per heavy atom. The molecule has 5 heterocycles. The number of aromatic nitrogens is 6. The second-order valence-corrected chi connectivity index (χ2v) is 15.4. The van der Waals surface area contributed by atoms with Crippen molar-refractivity contribution < 1.29 is 14.3 Å². The molecule has 14 nitrogen and oxygen atoms in total. The molecule has 2 atom stereocenters. The molecule has 0 spiro atoms. The van der Waals surface area contributed by atoms with Gasteiger partial charge in [-0.1, -0.05) is 20.8 Å². The molecule has 2 N–H and O–H groups in total. The van der Waals surface area contributed by atoms with Gasteiger partial charge in [-0.15, -0.1) is 15.0 Å². The maximum absolute atomic E-state index is 14.6. The highest BCUT2D eigenvalue weighted by Gasteiger charge is 2.69. The van der Waals surface area contributed by atoms with Crippen molar-refractivity contribution in [3.63, 3.8) is 0 Å². The van der Waals surface area contributed by atoms with Crippen LogP contribution < -0.4 is 25.8 Å². The molecular formula is C37H45N9O5. The number of carbonyl (C=O) groups is 2. The number of ether oxygens (including phenoxy) is 1. The number of amides is 2. The zero-order valence-electron chi connectivity index (χ0n) is 30.1. The zero-order valence-corrected chi connectivity index (χ0v) is 30.1. The standard InChI is InChI=1S/C37H45N9O5/c1-7-24-30(43-12-13-44(26-9-8-25(26)43)35(50)28-31(48)21(4)15-39-34(28)51-6)32(49)29-33(42-46(41-29)23-10-11-38-22(5)14-23)45(24)16-27(47)40-37-17-36(18-37,19-37)20(2)3/h10-11,14-15,20,25-26H,7-9,12-13,16-19H2,1-6H3,(H,39,48)(H,40,47)/t25-,26-,36?,37?/m0/s1. The van der Waals surface area contributed by atoms with Gasteiger partial charge >= 0.3 is 0 Å². The summed E-state index contributed by atoms with van der Waals surface area (Å²) in [6.45, 7) is 10.7. The van der Waals surface area contributed by atoms with Crippen molar-refractivity contribution in [3.05, 3.63) is 67.5 Å². The average Bonchev–Trinajstić information content (AvgIpc) is 3.50. The van der Waals surface area contributed by atoms with E-state index in [1.54, 1.807) is 30.3 Å². The number of hydrogen-bond donors (Lipinski definition) is 2. The number of methoxy groups -OCH3 is 1. The van der Waals surface area contributed by atoms with Gasteiger partial charge in [0.15, 0.2) is 11.2 Å². The van der Waals surface area contributed by atoms with Crippen LogP contribution in [0.2, 0.25) is 0 Å². The first-order valence-corrected chi connectivity index (χ1v) is 18.0. The molecule has 1 aliphatic heterocycles. The fraction of sp³-hybridized carbons (Fsp3) is 0.541. The predicted octanol–water partition coefficient (Wildman–Crippen LogP) is 3.04. The molecule has 4 aliphatic carbocycles. The van der Waals surface area contributed by atoms with Gasteiger partial charge in [0.2, 0.25) is 22.6 Å². The Labute approximate surface area is 295 Å². The third kappa shape index (κ3) is 5.00. The minimum absolute atomic E-state index is 0.0000753. The van der Waals surface area contributed by atoms with Gasteiger partial charge in [-0.2, -0.15) is 0 Å². The van der Waals surface area contributed by atoms with E-state index in [0.717, 1.165) is 37.8 Å². The summed E-state index contributed by atoms with van der Waals surface area (Å²) in [5, 5.41) is 12.9. The maximum atomic E-state index is 14.6. The molecule has 0 unspecified atom stereocenters. The number of pyridine rings is 3. The van der Waals surface area contributed by atoms with Gasteiger partial charge in [-0.05, 0) is 75.8 Å². The summed E-state index contributed by atoms with van der Waals surface area (Å²) in [5.74, 6) is 0.233. The van der Waals surface area contributed by atoms with Crippen LogP contribution in [0.1, 0.15) is 80.2 Å². The second-order valence-electron chi connectivity index (χ2n) is 15.4. The molecule has 5 fully saturated rings. The van der Waals surface area contributed by atoms with E-state index in [2.05, 4.69) is 34.0 Å². The van der Waals surface area contributed by atoms with Crippen LogP contribution in [0.4, 0.5) is 5.69 Å². The minimum atomic E-state index is -0.380. The van der Waals surface area contributed by atoms with Gasteiger partial charge < -0.3 is 29.4 Å². The lowest BCUT2D eigenvalue weighted by Gasteiger charge is -2.72. The molecule has 51 heavy (non-hydrogen) atoms. The Hall–Kier alpha value is -5.01. The van der Waals surface area contributed by atoms with Crippen molar-refractivity contribution in [1.82, 2.24) is 39.7 Å². The van der Waals surface area contributed by atoms with Crippen molar-refractivity contribution in [2.45, 2.75) is 97.3 Å². The highest BCUT2D eigenvalue weighted by molar-refractivity contribution is 5.97. The number of hydrogen-bond acceptors (Lipinski definition) is 9. The van der Waals surface area contributed by atoms with Crippen LogP contribution >= 0.6 is 0 Å². The lowest BCUT2D eigenvalue weighted by Crippen LogP contribution is -2.76. The molecule has 2 amide bonds. The molecule has 4 aromatic rings. The molecule has 4 saturated carbocycles. The van der Waals surface area contributed by atoms with Crippen LogP contribution in [-0.4, -0.2) is 84.1 Å². The van der Waals surface area contributed by atoms with Crippen molar-refractivity contribution >= 4 is 28.7 Å². The monoisotopic (exact) mass is 695 g/mol. The zero-order chi connectivity index (χ0) is 36.0. The molecule has 0 aromatic carbocycles. The number of aromatic amines is 1. The van der Waals surface area contributed by atoms with Gasteiger partial charge in [-0.25, -0.2) is 0 Å². The van der Waals surface area contributed by atoms with Gasteiger partial charge in [0.1, 0.15) is 17.8 Å². The predicted molar refractivity (Wildman–Crippen MR) is 191 cm³/mol. The van der Waals surface area contributed by atoms with Crippen LogP contribution in [0.25, 0.3) is 16.9 Å². The molecule has 1 saturated heterocycles. The number of H-pyrrole nitrogens is 1. The van der Waals surface area contributed by atoms with Crippen LogP contribution in [0.3, 0.4) is 0 Å². The van der Waals surface area contributed by atoms with Gasteiger partial charge in [0.25, 0.3) is 5.91 Å². The van der Waals surface area contributed by atoms with Crippen LogP contribution in [0.15, 0.2) is 34.1 Å². The summed E-state index contributed by atoms with van der Waals surface area (Å²) in [6, 6.07) is 3.27. The quantitative estimate of drug-likeness (QED) is 0.268. The Morgan fingerprint density at radius 3 is 2.47 bits per heavy atom. The largest absolute Gasteiger partial charge is 0.482 e. The fourth-order valence-electron chi connectivity index (χ4n) is 9.19. The maximum Gasteiger partial charge on any atom is 0.263 e. The summed E-state index contributed by atoms with van der Waals surface area (Å²) in [6.07, 6.45) is 8.18. The number of aryl methyl sites for hydroxylation is 2. The molecule has 2 bridgehead atoms. The first kappa shape index (κ1) is 33.2. The van der Waals surface area contributed by atoms with Crippen LogP contribution in [0.5, 0.6) is 5.88 Å². The van der Waals surface area contributed by atoms with E-state index in [0.29, 0.717) is 59.1 Å². The van der Waals surface area contributed by atoms with Crippen molar-refractivity contribution in [2.24, 2.45) is 11.3 Å². The van der Waals surface area contributed by atoms with E-state index in [9.17, 15) is 19.2 Å². The SMILES string of the molecule is CCc1c(N2CCN(C(=O)c3c(OC)[nH]cc(C)c3=O)[C@H]3CC[C@@H]32)c(=O)c2nn(-c3ccnc(C)c3)nc2n1CC(=O)NC12CC(C(C)C)(C1)C2. The highest BCUT2D eigenvalue weighted by Crippen LogP contribution is 2.70. The molecular weight excluding hydrogens is 650 g/mol. The number of carbonyl (C=O) groups excluding carboxylic acids is 2. The van der Waals surface area contributed by atoms with Gasteiger partial charge in [0.05, 0.1) is 18.8 Å². The van der Waals surface area contributed by atoms with Crippen LogP contribution in [-0.2, 0) is 17.8 Å². The normalized spacial score (nSPS) is 24.8. The first-order chi connectivity index (χ1) is 24.4. The molecule has 4 aromatic heterocycles. The number of nitrogens with one attached hydrogen (secondary N) is 2. The summed E-state index contributed by atoms with van der Waals surface area (Å²) < 4.78 is 7.25. The number of nitrogens with zero attached hydrogens (tertiary/aromatic N) is 7. The smallest absolute Gasteiger partial charge is 0.263 e. The number of anilines is 1. The second kappa shape index (κ2) is 11.8. The lowest BCUT2D eigenvalue weighted by atomic mass is 9.36. The summed E-state index contributed by atoms with van der Waals surface area (Å²) in [7, 11) is 1.43.